The largest absolute Gasteiger partial charge is 0.366 e. The van der Waals surface area contributed by atoms with Gasteiger partial charge in [0.15, 0.2) is 0 Å². The second-order valence-electron chi connectivity index (χ2n) is 9.26. The van der Waals surface area contributed by atoms with Crippen molar-refractivity contribution in [2.24, 2.45) is 0 Å². The minimum Gasteiger partial charge on any atom is -0.366 e. The van der Waals surface area contributed by atoms with Gasteiger partial charge in [0, 0.05) is 25.2 Å². The SMILES string of the molecule is C\C=C/C(=C\C(C)=C\CC)c1ccc(CNc2ncnc(N3CCc4ccc(F)cc4C3)c2C)cc1. The van der Waals surface area contributed by atoms with Crippen LogP contribution in [0, 0.1) is 12.7 Å². The number of fused-ring (bicyclic) bond motifs is 1. The molecule has 0 radical (unpaired) electrons. The summed E-state index contributed by atoms with van der Waals surface area (Å²) in [5, 5.41) is 3.48. The molecule has 0 unspecified atom stereocenters. The molecule has 0 saturated heterocycles. The molecule has 1 N–H and O–H groups in total. The van der Waals surface area contributed by atoms with Crippen LogP contribution in [0.25, 0.3) is 5.57 Å². The molecule has 2 aromatic carbocycles. The number of hydrogen-bond donors (Lipinski definition) is 1. The molecular weight excluding hydrogens is 447 g/mol. The summed E-state index contributed by atoms with van der Waals surface area (Å²) in [6.07, 6.45) is 12.2. The van der Waals surface area contributed by atoms with E-state index in [2.05, 4.69) is 82.6 Å². The number of nitrogens with one attached hydrogen (secondary N) is 1. The van der Waals surface area contributed by atoms with Gasteiger partial charge in [0.25, 0.3) is 0 Å². The Labute approximate surface area is 214 Å². The van der Waals surface area contributed by atoms with Gasteiger partial charge < -0.3 is 10.2 Å². The van der Waals surface area contributed by atoms with Crippen molar-refractivity contribution < 1.29 is 4.39 Å². The van der Waals surface area contributed by atoms with Crippen molar-refractivity contribution in [3.63, 3.8) is 0 Å². The van der Waals surface area contributed by atoms with E-state index in [1.54, 1.807) is 18.5 Å². The third-order valence-electron chi connectivity index (χ3n) is 6.54. The molecule has 1 aliphatic heterocycles. The zero-order valence-electron chi connectivity index (χ0n) is 21.7. The van der Waals surface area contributed by atoms with Crippen LogP contribution in [-0.2, 0) is 19.5 Å². The Morgan fingerprint density at radius 3 is 2.67 bits per heavy atom. The molecule has 0 fully saturated rings. The molecule has 0 atom stereocenters. The highest BCUT2D eigenvalue weighted by molar-refractivity contribution is 5.76. The van der Waals surface area contributed by atoms with Gasteiger partial charge >= 0.3 is 0 Å². The quantitative estimate of drug-likeness (QED) is 0.339. The highest BCUT2D eigenvalue weighted by atomic mass is 19.1. The summed E-state index contributed by atoms with van der Waals surface area (Å²) in [5.74, 6) is 1.53. The lowest BCUT2D eigenvalue weighted by molar-refractivity contribution is 0.618. The van der Waals surface area contributed by atoms with Crippen LogP contribution in [0.3, 0.4) is 0 Å². The summed E-state index contributed by atoms with van der Waals surface area (Å²) >= 11 is 0. The summed E-state index contributed by atoms with van der Waals surface area (Å²) in [4.78, 5) is 11.3. The van der Waals surface area contributed by atoms with E-state index in [0.717, 1.165) is 42.1 Å². The van der Waals surface area contributed by atoms with Crippen LogP contribution >= 0.6 is 0 Å². The van der Waals surface area contributed by atoms with Crippen LogP contribution in [0.4, 0.5) is 16.0 Å². The smallest absolute Gasteiger partial charge is 0.137 e. The zero-order valence-corrected chi connectivity index (χ0v) is 21.7. The number of nitrogens with zero attached hydrogens (tertiary/aromatic N) is 3. The normalized spacial score (nSPS) is 14.3. The maximum atomic E-state index is 13.8. The van der Waals surface area contributed by atoms with Gasteiger partial charge in [-0.3, -0.25) is 0 Å². The van der Waals surface area contributed by atoms with E-state index >= 15 is 0 Å². The topological polar surface area (TPSA) is 41.1 Å². The number of rotatable bonds is 8. The van der Waals surface area contributed by atoms with E-state index in [1.165, 1.54) is 27.8 Å². The number of allylic oxidation sites excluding steroid dienone is 6. The summed E-state index contributed by atoms with van der Waals surface area (Å²) < 4.78 is 13.8. The van der Waals surface area contributed by atoms with Crippen LogP contribution in [0.1, 0.15) is 55.0 Å². The number of aromatic nitrogens is 2. The number of anilines is 2. The molecule has 0 spiro atoms. The van der Waals surface area contributed by atoms with Crippen molar-refractivity contribution in [2.75, 3.05) is 16.8 Å². The minimum atomic E-state index is -0.190. The monoisotopic (exact) mass is 482 g/mol. The van der Waals surface area contributed by atoms with Gasteiger partial charge in [-0.25, -0.2) is 14.4 Å². The summed E-state index contributed by atoms with van der Waals surface area (Å²) in [6.45, 7) is 10.6. The number of hydrogen-bond acceptors (Lipinski definition) is 4. The van der Waals surface area contributed by atoms with Gasteiger partial charge in [0.1, 0.15) is 23.8 Å². The highest BCUT2D eigenvalue weighted by Gasteiger charge is 2.20. The lowest BCUT2D eigenvalue weighted by Gasteiger charge is -2.31. The number of benzene rings is 2. The fourth-order valence-electron chi connectivity index (χ4n) is 4.68. The van der Waals surface area contributed by atoms with Crippen molar-refractivity contribution in [2.45, 2.75) is 53.6 Å². The average molecular weight is 483 g/mol. The predicted octanol–water partition coefficient (Wildman–Crippen LogP) is 7.41. The molecule has 0 saturated carbocycles. The molecule has 2 heterocycles. The molecule has 1 aliphatic rings. The Hall–Kier alpha value is -3.73. The Bertz CT molecular complexity index is 1290. The molecule has 0 aliphatic carbocycles. The van der Waals surface area contributed by atoms with Gasteiger partial charge in [-0.05, 0) is 73.6 Å². The van der Waals surface area contributed by atoms with E-state index in [0.29, 0.717) is 13.1 Å². The molecule has 4 rings (SSSR count). The molecule has 5 heteroatoms. The lowest BCUT2D eigenvalue weighted by atomic mass is 9.99. The van der Waals surface area contributed by atoms with Crippen molar-refractivity contribution in [3.8, 4) is 0 Å². The summed E-state index contributed by atoms with van der Waals surface area (Å²) in [6, 6.07) is 13.7. The molecular formula is C31H35FN4. The predicted molar refractivity (Wildman–Crippen MR) is 149 cm³/mol. The van der Waals surface area contributed by atoms with Gasteiger partial charge in [-0.15, -0.1) is 0 Å². The van der Waals surface area contributed by atoms with Crippen molar-refractivity contribution in [1.82, 2.24) is 9.97 Å². The van der Waals surface area contributed by atoms with E-state index < -0.39 is 0 Å². The Morgan fingerprint density at radius 2 is 1.92 bits per heavy atom. The lowest BCUT2D eigenvalue weighted by Crippen LogP contribution is -2.32. The molecule has 0 bridgehead atoms. The fourth-order valence-corrected chi connectivity index (χ4v) is 4.68. The fraction of sp³-hybridized carbons (Fsp3) is 0.290. The molecule has 36 heavy (non-hydrogen) atoms. The summed E-state index contributed by atoms with van der Waals surface area (Å²) in [5.41, 5.74) is 8.10. The second-order valence-corrected chi connectivity index (χ2v) is 9.26. The van der Waals surface area contributed by atoms with Gasteiger partial charge in [-0.2, -0.15) is 0 Å². The van der Waals surface area contributed by atoms with Crippen LogP contribution in [0.15, 0.2) is 78.7 Å². The van der Waals surface area contributed by atoms with Crippen LogP contribution in [0.2, 0.25) is 0 Å². The maximum Gasteiger partial charge on any atom is 0.137 e. The molecule has 3 aromatic rings. The first kappa shape index (κ1) is 25.4. The second kappa shape index (κ2) is 11.8. The first-order chi connectivity index (χ1) is 17.5. The highest BCUT2D eigenvalue weighted by Crippen LogP contribution is 2.28. The third kappa shape index (κ3) is 6.09. The Kier molecular flexibility index (Phi) is 8.32. The van der Waals surface area contributed by atoms with Crippen LogP contribution in [0.5, 0.6) is 0 Å². The van der Waals surface area contributed by atoms with E-state index in [4.69, 9.17) is 0 Å². The molecule has 1 aromatic heterocycles. The first-order valence-electron chi connectivity index (χ1n) is 12.7. The molecule has 186 valence electrons. The zero-order chi connectivity index (χ0) is 25.5. The van der Waals surface area contributed by atoms with Crippen LogP contribution in [-0.4, -0.2) is 16.5 Å². The number of halogens is 1. The minimum absolute atomic E-state index is 0.190. The molecule has 0 amide bonds. The standard InChI is InChI=1S/C31H35FN4/c1-5-7-22(3)17-27(8-6-2)25-11-9-24(10-12-25)19-33-30-23(4)31(35-21-34-30)36-16-15-26-13-14-29(32)18-28(26)20-36/h6-14,17-18,21H,5,15-16,19-20H2,1-4H3,(H,33,34,35)/b8-6-,22-7+,27-17+. The van der Waals surface area contributed by atoms with E-state index in [9.17, 15) is 4.39 Å². The van der Waals surface area contributed by atoms with Crippen molar-refractivity contribution in [1.29, 1.82) is 0 Å². The van der Waals surface area contributed by atoms with Gasteiger partial charge in [-0.1, -0.05) is 67.1 Å². The Balaban J connectivity index is 1.46. The van der Waals surface area contributed by atoms with Crippen molar-refractivity contribution >= 4 is 17.2 Å². The third-order valence-corrected chi connectivity index (χ3v) is 6.54. The first-order valence-corrected chi connectivity index (χ1v) is 12.7. The Morgan fingerprint density at radius 1 is 1.11 bits per heavy atom. The van der Waals surface area contributed by atoms with Crippen LogP contribution < -0.4 is 10.2 Å². The van der Waals surface area contributed by atoms with Crippen molar-refractivity contribution in [3.05, 3.63) is 112 Å². The molecule has 4 nitrogen and oxygen atoms in total. The van der Waals surface area contributed by atoms with E-state index in [1.807, 2.05) is 19.9 Å². The average Bonchev–Trinajstić information content (AvgIpc) is 2.88. The van der Waals surface area contributed by atoms with Gasteiger partial charge in [0.05, 0.1) is 0 Å². The summed E-state index contributed by atoms with van der Waals surface area (Å²) in [7, 11) is 0. The van der Waals surface area contributed by atoms with E-state index in [-0.39, 0.29) is 5.82 Å². The maximum absolute atomic E-state index is 13.8. The van der Waals surface area contributed by atoms with Gasteiger partial charge in [0.2, 0.25) is 0 Å².